The summed E-state index contributed by atoms with van der Waals surface area (Å²) in [5, 5.41) is 0. The Hall–Kier alpha value is -2.10. The molecule has 0 radical (unpaired) electrons. The van der Waals surface area contributed by atoms with Crippen molar-refractivity contribution in [1.29, 1.82) is 0 Å². The summed E-state index contributed by atoms with van der Waals surface area (Å²) in [6.07, 6.45) is 6.24. The van der Waals surface area contributed by atoms with Crippen LogP contribution in [0.1, 0.15) is 30.1 Å². The second kappa shape index (κ2) is 4.78. The first-order valence-corrected chi connectivity index (χ1v) is 6.94. The highest BCUT2D eigenvalue weighted by Crippen LogP contribution is 2.51. The lowest BCUT2D eigenvalue weighted by Crippen LogP contribution is -2.49. The van der Waals surface area contributed by atoms with Crippen LogP contribution in [-0.4, -0.2) is 11.8 Å². The zero-order chi connectivity index (χ0) is 14.2. The van der Waals surface area contributed by atoms with Gasteiger partial charge in [0.2, 0.25) is 5.91 Å². The number of amides is 2. The molecule has 4 heteroatoms. The number of hydrogen-bond donors (Lipinski definition) is 2. The van der Waals surface area contributed by atoms with Gasteiger partial charge in [0.25, 0.3) is 5.91 Å². The minimum Gasteiger partial charge on any atom is -0.273 e. The number of benzene rings is 1. The third-order valence-corrected chi connectivity index (χ3v) is 4.52. The number of nitrogens with one attached hydrogen (secondary N) is 2. The topological polar surface area (TPSA) is 58.2 Å². The minimum atomic E-state index is -0.399. The normalized spacial score (nSPS) is 30.2. The van der Waals surface area contributed by atoms with Crippen LogP contribution in [0.5, 0.6) is 0 Å². The number of rotatable bonds is 2. The lowest BCUT2D eigenvalue weighted by molar-refractivity contribution is -0.132. The molecule has 1 aromatic carbocycles. The van der Waals surface area contributed by atoms with Crippen molar-refractivity contribution in [2.45, 2.75) is 19.8 Å². The second-order valence-corrected chi connectivity index (χ2v) is 5.88. The quantitative estimate of drug-likeness (QED) is 0.638. The van der Waals surface area contributed by atoms with Crippen LogP contribution < -0.4 is 10.9 Å². The maximum absolute atomic E-state index is 12.3. The highest BCUT2D eigenvalue weighted by Gasteiger charge is 2.49. The Labute approximate surface area is 118 Å². The van der Waals surface area contributed by atoms with Crippen LogP contribution in [0, 0.1) is 17.3 Å². The highest BCUT2D eigenvalue weighted by atomic mass is 16.2. The molecule has 4 nitrogen and oxygen atoms in total. The van der Waals surface area contributed by atoms with Gasteiger partial charge in [-0.15, -0.1) is 0 Å². The van der Waals surface area contributed by atoms with E-state index in [4.69, 9.17) is 0 Å². The zero-order valence-electron chi connectivity index (χ0n) is 11.4. The number of hydrazine groups is 1. The average Bonchev–Trinajstić information content (AvgIpc) is 3.06. The van der Waals surface area contributed by atoms with Crippen LogP contribution >= 0.6 is 0 Å². The predicted molar refractivity (Wildman–Crippen MR) is 75.5 cm³/mol. The molecule has 20 heavy (non-hydrogen) atoms. The van der Waals surface area contributed by atoms with Crippen LogP contribution in [0.3, 0.4) is 0 Å². The number of carbonyl (C=O) groups excluding carboxylic acids is 2. The number of fused-ring (bicyclic) bond motifs is 2. The minimum absolute atomic E-state index is 0.0985. The van der Waals surface area contributed by atoms with Gasteiger partial charge in [-0.3, -0.25) is 20.4 Å². The summed E-state index contributed by atoms with van der Waals surface area (Å²) in [4.78, 5) is 24.2. The Morgan fingerprint density at radius 3 is 2.50 bits per heavy atom. The number of allylic oxidation sites excluding steroid dienone is 2. The molecule has 2 N–H and O–H groups in total. The van der Waals surface area contributed by atoms with Gasteiger partial charge in [-0.25, -0.2) is 0 Å². The first-order chi connectivity index (χ1) is 9.59. The van der Waals surface area contributed by atoms with Crippen LogP contribution in [-0.2, 0) is 4.79 Å². The Kier molecular flexibility index (Phi) is 3.08. The highest BCUT2D eigenvalue weighted by molar-refractivity contribution is 5.96. The molecule has 0 saturated heterocycles. The van der Waals surface area contributed by atoms with Gasteiger partial charge in [-0.05, 0) is 36.8 Å². The fourth-order valence-electron chi connectivity index (χ4n) is 3.27. The second-order valence-electron chi connectivity index (χ2n) is 5.88. The van der Waals surface area contributed by atoms with Crippen molar-refractivity contribution < 1.29 is 9.59 Å². The molecule has 0 unspecified atom stereocenters. The molecule has 1 aromatic rings. The summed E-state index contributed by atoms with van der Waals surface area (Å²) < 4.78 is 0. The van der Waals surface area contributed by atoms with E-state index >= 15 is 0 Å². The van der Waals surface area contributed by atoms with E-state index in [0.717, 1.165) is 12.8 Å². The van der Waals surface area contributed by atoms with Gasteiger partial charge >= 0.3 is 0 Å². The lowest BCUT2D eigenvalue weighted by Gasteiger charge is -2.29. The summed E-state index contributed by atoms with van der Waals surface area (Å²) in [7, 11) is 0. The monoisotopic (exact) mass is 270 g/mol. The van der Waals surface area contributed by atoms with Crippen molar-refractivity contribution in [2.24, 2.45) is 17.3 Å². The van der Waals surface area contributed by atoms with Gasteiger partial charge in [0.05, 0.1) is 5.41 Å². The van der Waals surface area contributed by atoms with E-state index in [1.165, 1.54) is 0 Å². The summed E-state index contributed by atoms with van der Waals surface area (Å²) in [6.45, 7) is 1.98. The number of hydrogen-bond acceptors (Lipinski definition) is 2. The van der Waals surface area contributed by atoms with Crippen molar-refractivity contribution in [2.75, 3.05) is 0 Å². The SMILES string of the molecule is C[C@]1(C(=O)NNC(=O)c2ccccc2)C[C@@H]2C=C[C@@H]1C2. The molecule has 2 bridgehead atoms. The molecule has 104 valence electrons. The van der Waals surface area contributed by atoms with Crippen LogP contribution in [0.25, 0.3) is 0 Å². The molecule has 0 heterocycles. The average molecular weight is 270 g/mol. The van der Waals surface area contributed by atoms with Gasteiger partial charge in [-0.2, -0.15) is 0 Å². The molecule has 2 aliphatic carbocycles. The van der Waals surface area contributed by atoms with Crippen molar-refractivity contribution in [1.82, 2.24) is 10.9 Å². The maximum atomic E-state index is 12.3. The zero-order valence-corrected chi connectivity index (χ0v) is 11.4. The standard InChI is InChI=1S/C16H18N2O2/c1-16(10-11-7-8-13(16)9-11)15(20)18-17-14(19)12-5-3-2-4-6-12/h2-8,11,13H,9-10H2,1H3,(H,17,19)(H,18,20)/t11-,13-,16+/m1/s1. The summed E-state index contributed by atoms with van der Waals surface area (Å²) in [5.74, 6) is 0.418. The molecule has 1 fully saturated rings. The largest absolute Gasteiger partial charge is 0.273 e. The third-order valence-electron chi connectivity index (χ3n) is 4.52. The van der Waals surface area contributed by atoms with Crippen molar-refractivity contribution >= 4 is 11.8 Å². The molecule has 2 aliphatic rings. The van der Waals surface area contributed by atoms with Gasteiger partial charge in [-0.1, -0.05) is 37.3 Å². The van der Waals surface area contributed by atoms with Crippen molar-refractivity contribution in [3.8, 4) is 0 Å². The Balaban J connectivity index is 1.60. The molecule has 1 saturated carbocycles. The summed E-state index contributed by atoms with van der Waals surface area (Å²) >= 11 is 0. The molecule has 0 spiro atoms. The molecular formula is C16H18N2O2. The first-order valence-electron chi connectivity index (χ1n) is 6.94. The third kappa shape index (κ3) is 2.11. The van der Waals surface area contributed by atoms with Crippen LogP contribution in [0.2, 0.25) is 0 Å². The van der Waals surface area contributed by atoms with Gasteiger partial charge < -0.3 is 0 Å². The molecule has 3 atom stereocenters. The maximum Gasteiger partial charge on any atom is 0.269 e. The molecule has 3 rings (SSSR count). The number of carbonyl (C=O) groups is 2. The molecule has 2 amide bonds. The Morgan fingerprint density at radius 1 is 1.15 bits per heavy atom. The van der Waals surface area contributed by atoms with E-state index in [2.05, 4.69) is 23.0 Å². The smallest absolute Gasteiger partial charge is 0.269 e. The van der Waals surface area contributed by atoms with E-state index in [1.807, 2.05) is 13.0 Å². The van der Waals surface area contributed by atoms with Gasteiger partial charge in [0, 0.05) is 5.56 Å². The molecular weight excluding hydrogens is 252 g/mol. The van der Waals surface area contributed by atoms with E-state index in [1.54, 1.807) is 24.3 Å². The van der Waals surface area contributed by atoms with E-state index in [0.29, 0.717) is 17.4 Å². The summed E-state index contributed by atoms with van der Waals surface area (Å²) in [6, 6.07) is 8.85. The van der Waals surface area contributed by atoms with E-state index in [9.17, 15) is 9.59 Å². The van der Waals surface area contributed by atoms with Crippen molar-refractivity contribution in [3.63, 3.8) is 0 Å². The Bertz CT molecular complexity index is 567. The Morgan fingerprint density at radius 2 is 1.90 bits per heavy atom. The lowest BCUT2D eigenvalue weighted by atomic mass is 9.77. The fraction of sp³-hybridized carbons (Fsp3) is 0.375. The molecule has 0 aliphatic heterocycles. The van der Waals surface area contributed by atoms with E-state index < -0.39 is 5.41 Å². The predicted octanol–water partition coefficient (Wildman–Crippen LogP) is 2.05. The summed E-state index contributed by atoms with van der Waals surface area (Å²) in [5.41, 5.74) is 5.21. The van der Waals surface area contributed by atoms with Crippen molar-refractivity contribution in [3.05, 3.63) is 48.0 Å². The molecule has 0 aromatic heterocycles. The van der Waals surface area contributed by atoms with E-state index in [-0.39, 0.29) is 11.8 Å². The first kappa shape index (κ1) is 12.9. The van der Waals surface area contributed by atoms with Crippen LogP contribution in [0.15, 0.2) is 42.5 Å². The van der Waals surface area contributed by atoms with Gasteiger partial charge in [0.15, 0.2) is 0 Å². The van der Waals surface area contributed by atoms with Gasteiger partial charge in [0.1, 0.15) is 0 Å². The fourth-order valence-corrected chi connectivity index (χ4v) is 3.27. The van der Waals surface area contributed by atoms with Crippen LogP contribution in [0.4, 0.5) is 0 Å².